The highest BCUT2D eigenvalue weighted by molar-refractivity contribution is 5.78. The minimum atomic E-state index is -0.0656. The van der Waals surface area contributed by atoms with Crippen molar-refractivity contribution in [2.45, 2.75) is 32.2 Å². The molecule has 1 aromatic heterocycles. The lowest BCUT2D eigenvalue weighted by atomic mass is 10.0. The Labute approximate surface area is 141 Å². The summed E-state index contributed by atoms with van der Waals surface area (Å²) in [6.07, 6.45) is 1.75. The average molecular weight is 336 g/mol. The lowest BCUT2D eigenvalue weighted by Crippen LogP contribution is -2.52. The van der Waals surface area contributed by atoms with Gasteiger partial charge in [-0.15, -0.1) is 0 Å². The largest absolute Gasteiger partial charge is 0.378 e. The van der Waals surface area contributed by atoms with Crippen molar-refractivity contribution >= 4 is 11.9 Å². The van der Waals surface area contributed by atoms with Gasteiger partial charge in [0.2, 0.25) is 5.91 Å². The van der Waals surface area contributed by atoms with Crippen LogP contribution in [0.5, 0.6) is 0 Å². The van der Waals surface area contributed by atoms with Gasteiger partial charge in [-0.25, -0.2) is 4.79 Å². The maximum Gasteiger partial charge on any atom is 0.320 e. The molecule has 8 heteroatoms. The van der Waals surface area contributed by atoms with E-state index in [1.165, 1.54) is 0 Å². The highest BCUT2D eigenvalue weighted by Crippen LogP contribution is 2.14. The van der Waals surface area contributed by atoms with Gasteiger partial charge in [0.05, 0.1) is 25.3 Å². The fourth-order valence-electron chi connectivity index (χ4n) is 3.11. The number of morpholine rings is 1. The topological polar surface area (TPSA) is 87.9 Å². The standard InChI is InChI=1S/C16H24N4O4/c1-12-10-14(24-18-12)11-15(21)17-13-2-4-19(5-3-13)16(22)20-6-8-23-9-7-20/h10,13H,2-9,11H2,1H3,(H,17,21). The number of hydrogen-bond acceptors (Lipinski definition) is 5. The molecule has 0 saturated carbocycles. The molecule has 2 saturated heterocycles. The molecule has 0 bridgehead atoms. The van der Waals surface area contributed by atoms with Crippen molar-refractivity contribution in [3.8, 4) is 0 Å². The van der Waals surface area contributed by atoms with Crippen LogP contribution in [0.4, 0.5) is 4.79 Å². The molecule has 0 unspecified atom stereocenters. The number of hydrogen-bond donors (Lipinski definition) is 1. The minimum Gasteiger partial charge on any atom is -0.378 e. The fourth-order valence-corrected chi connectivity index (χ4v) is 3.11. The Morgan fingerprint density at radius 3 is 2.50 bits per heavy atom. The number of amides is 3. The molecule has 2 aliphatic heterocycles. The summed E-state index contributed by atoms with van der Waals surface area (Å²) in [7, 11) is 0. The van der Waals surface area contributed by atoms with Gasteiger partial charge in [0.15, 0.2) is 0 Å². The average Bonchev–Trinajstić information content (AvgIpc) is 3.00. The van der Waals surface area contributed by atoms with Crippen LogP contribution in [0, 0.1) is 6.92 Å². The molecule has 0 aromatic carbocycles. The molecular formula is C16H24N4O4. The molecule has 3 amide bonds. The molecule has 2 aliphatic rings. The van der Waals surface area contributed by atoms with E-state index in [9.17, 15) is 9.59 Å². The molecule has 2 fully saturated rings. The predicted molar refractivity (Wildman–Crippen MR) is 85.5 cm³/mol. The molecule has 24 heavy (non-hydrogen) atoms. The first-order chi connectivity index (χ1) is 11.6. The molecule has 3 heterocycles. The van der Waals surface area contributed by atoms with Gasteiger partial charge in [-0.2, -0.15) is 0 Å². The molecule has 0 spiro atoms. The Morgan fingerprint density at radius 2 is 1.88 bits per heavy atom. The van der Waals surface area contributed by atoms with Crippen molar-refractivity contribution < 1.29 is 18.8 Å². The number of aryl methyl sites for hydroxylation is 1. The highest BCUT2D eigenvalue weighted by Gasteiger charge is 2.27. The maximum atomic E-state index is 12.4. The summed E-state index contributed by atoms with van der Waals surface area (Å²) < 4.78 is 10.3. The summed E-state index contributed by atoms with van der Waals surface area (Å²) in [4.78, 5) is 28.2. The number of urea groups is 1. The van der Waals surface area contributed by atoms with E-state index in [4.69, 9.17) is 9.26 Å². The maximum absolute atomic E-state index is 12.4. The zero-order valence-corrected chi connectivity index (χ0v) is 14.0. The van der Waals surface area contributed by atoms with Crippen LogP contribution in [0.1, 0.15) is 24.3 Å². The van der Waals surface area contributed by atoms with E-state index in [0.29, 0.717) is 45.2 Å². The van der Waals surface area contributed by atoms with E-state index >= 15 is 0 Å². The van der Waals surface area contributed by atoms with Crippen LogP contribution in [0.3, 0.4) is 0 Å². The van der Waals surface area contributed by atoms with Crippen molar-refractivity contribution in [1.29, 1.82) is 0 Å². The van der Waals surface area contributed by atoms with Crippen LogP contribution < -0.4 is 5.32 Å². The zero-order valence-electron chi connectivity index (χ0n) is 14.0. The van der Waals surface area contributed by atoms with Gasteiger partial charge in [0.1, 0.15) is 5.76 Å². The minimum absolute atomic E-state index is 0.0656. The van der Waals surface area contributed by atoms with Gasteiger partial charge < -0.3 is 24.4 Å². The first-order valence-corrected chi connectivity index (χ1v) is 8.45. The van der Waals surface area contributed by atoms with Crippen molar-refractivity contribution in [1.82, 2.24) is 20.3 Å². The SMILES string of the molecule is Cc1cc(CC(=O)NC2CCN(C(=O)N3CCOCC3)CC2)on1. The number of likely N-dealkylation sites (tertiary alicyclic amines) is 1. The Hall–Kier alpha value is -2.09. The molecule has 0 aliphatic carbocycles. The number of carbonyl (C=O) groups excluding carboxylic acids is 2. The Bertz CT molecular complexity index is 574. The number of rotatable bonds is 3. The third-order valence-corrected chi connectivity index (χ3v) is 4.42. The summed E-state index contributed by atoms with van der Waals surface area (Å²) in [5.41, 5.74) is 0.771. The molecule has 1 aromatic rings. The molecule has 0 radical (unpaired) electrons. The van der Waals surface area contributed by atoms with Gasteiger partial charge in [0, 0.05) is 38.3 Å². The Morgan fingerprint density at radius 1 is 1.21 bits per heavy atom. The number of nitrogens with zero attached hydrogens (tertiary/aromatic N) is 3. The van der Waals surface area contributed by atoms with Crippen molar-refractivity contribution in [3.63, 3.8) is 0 Å². The Kier molecular flexibility index (Phi) is 5.34. The van der Waals surface area contributed by atoms with Crippen LogP contribution in [0.2, 0.25) is 0 Å². The van der Waals surface area contributed by atoms with E-state index in [2.05, 4.69) is 10.5 Å². The second-order valence-corrected chi connectivity index (χ2v) is 6.32. The van der Waals surface area contributed by atoms with E-state index < -0.39 is 0 Å². The summed E-state index contributed by atoms with van der Waals surface area (Å²) in [6.45, 7) is 5.70. The second-order valence-electron chi connectivity index (χ2n) is 6.32. The predicted octanol–water partition coefficient (Wildman–Crippen LogP) is 0.558. The summed E-state index contributed by atoms with van der Waals surface area (Å²) in [5, 5.41) is 6.79. The number of aromatic nitrogens is 1. The van der Waals surface area contributed by atoms with Crippen molar-refractivity contribution in [3.05, 3.63) is 17.5 Å². The lowest BCUT2D eigenvalue weighted by Gasteiger charge is -2.37. The van der Waals surface area contributed by atoms with Crippen LogP contribution in [0.15, 0.2) is 10.6 Å². The van der Waals surface area contributed by atoms with Crippen molar-refractivity contribution in [2.75, 3.05) is 39.4 Å². The van der Waals surface area contributed by atoms with Crippen molar-refractivity contribution in [2.24, 2.45) is 0 Å². The fraction of sp³-hybridized carbons (Fsp3) is 0.688. The zero-order chi connectivity index (χ0) is 16.9. The van der Waals surface area contributed by atoms with E-state index in [-0.39, 0.29) is 24.4 Å². The quantitative estimate of drug-likeness (QED) is 0.871. The molecule has 0 atom stereocenters. The highest BCUT2D eigenvalue weighted by atomic mass is 16.5. The third kappa shape index (κ3) is 4.25. The third-order valence-electron chi connectivity index (χ3n) is 4.42. The molecule has 3 rings (SSSR count). The van der Waals surface area contributed by atoms with Gasteiger partial charge >= 0.3 is 6.03 Å². The van der Waals surface area contributed by atoms with Gasteiger partial charge in [-0.05, 0) is 19.8 Å². The second kappa shape index (κ2) is 7.65. The van der Waals surface area contributed by atoms with Crippen LogP contribution in [-0.2, 0) is 16.0 Å². The van der Waals surface area contributed by atoms with Crippen LogP contribution in [-0.4, -0.2) is 72.3 Å². The van der Waals surface area contributed by atoms with E-state index in [1.54, 1.807) is 6.07 Å². The van der Waals surface area contributed by atoms with E-state index in [1.807, 2.05) is 16.7 Å². The van der Waals surface area contributed by atoms with Crippen LogP contribution in [0.25, 0.3) is 0 Å². The smallest absolute Gasteiger partial charge is 0.320 e. The molecular weight excluding hydrogens is 312 g/mol. The number of nitrogens with one attached hydrogen (secondary N) is 1. The summed E-state index contributed by atoms with van der Waals surface area (Å²) >= 11 is 0. The Balaban J connectivity index is 1.41. The lowest BCUT2D eigenvalue weighted by molar-refractivity contribution is -0.121. The van der Waals surface area contributed by atoms with Crippen LogP contribution >= 0.6 is 0 Å². The summed E-state index contributed by atoms with van der Waals surface area (Å²) in [6, 6.07) is 1.96. The molecule has 1 N–H and O–H groups in total. The first kappa shape index (κ1) is 16.8. The number of ether oxygens (including phenoxy) is 1. The summed E-state index contributed by atoms with van der Waals surface area (Å²) in [5.74, 6) is 0.508. The van der Waals surface area contributed by atoms with Gasteiger partial charge in [0.25, 0.3) is 0 Å². The number of piperidine rings is 1. The monoisotopic (exact) mass is 336 g/mol. The number of carbonyl (C=O) groups is 2. The normalized spacial score (nSPS) is 19.4. The van der Waals surface area contributed by atoms with Gasteiger partial charge in [-0.1, -0.05) is 5.16 Å². The van der Waals surface area contributed by atoms with E-state index in [0.717, 1.165) is 18.5 Å². The molecule has 8 nitrogen and oxygen atoms in total. The first-order valence-electron chi connectivity index (χ1n) is 8.45. The van der Waals surface area contributed by atoms with Gasteiger partial charge in [-0.3, -0.25) is 4.79 Å². The molecule has 132 valence electrons.